The molecule has 0 unspecified atom stereocenters. The van der Waals surface area contributed by atoms with Crippen molar-refractivity contribution < 1.29 is 13.2 Å². The first kappa shape index (κ1) is 16.5. The van der Waals surface area contributed by atoms with Crippen molar-refractivity contribution in [2.75, 3.05) is 14.2 Å². The van der Waals surface area contributed by atoms with E-state index in [4.69, 9.17) is 16.3 Å². The molecule has 21 heavy (non-hydrogen) atoms. The van der Waals surface area contributed by atoms with Gasteiger partial charge in [0.1, 0.15) is 10.6 Å². The standard InChI is InChI=1S/C14H21ClN2O3S/c1-9-4-12(5-9)17-21(18,19)13-7-11(15)6-10(8-16-2)14(13)20-3/h6-7,9,12,16-17H,4-5,8H2,1-3H3. The van der Waals surface area contributed by atoms with Gasteiger partial charge in [-0.2, -0.15) is 0 Å². The molecule has 1 fully saturated rings. The SMILES string of the molecule is CNCc1cc(Cl)cc(S(=O)(=O)NC2CC(C)C2)c1OC. The van der Waals surface area contributed by atoms with Gasteiger partial charge >= 0.3 is 0 Å². The van der Waals surface area contributed by atoms with Crippen molar-refractivity contribution in [1.29, 1.82) is 0 Å². The molecule has 5 nitrogen and oxygen atoms in total. The molecule has 2 rings (SSSR count). The minimum atomic E-state index is -3.64. The summed E-state index contributed by atoms with van der Waals surface area (Å²) in [6.07, 6.45) is 1.73. The highest BCUT2D eigenvalue weighted by Crippen LogP contribution is 2.34. The van der Waals surface area contributed by atoms with Gasteiger partial charge in [-0.25, -0.2) is 13.1 Å². The van der Waals surface area contributed by atoms with Gasteiger partial charge in [-0.1, -0.05) is 18.5 Å². The highest BCUT2D eigenvalue weighted by atomic mass is 35.5. The van der Waals surface area contributed by atoms with E-state index in [2.05, 4.69) is 17.0 Å². The molecule has 0 bridgehead atoms. The number of halogens is 1. The van der Waals surface area contributed by atoms with Crippen molar-refractivity contribution in [2.45, 2.75) is 37.2 Å². The number of benzene rings is 1. The first-order chi connectivity index (χ1) is 9.87. The summed E-state index contributed by atoms with van der Waals surface area (Å²) >= 11 is 6.05. The molecule has 1 aromatic carbocycles. The third-order valence-corrected chi connectivity index (χ3v) is 5.40. The number of nitrogens with one attached hydrogen (secondary N) is 2. The Morgan fingerprint density at radius 3 is 2.57 bits per heavy atom. The normalized spacial score (nSPS) is 21.9. The molecule has 0 spiro atoms. The molecule has 1 aliphatic carbocycles. The van der Waals surface area contributed by atoms with Crippen molar-refractivity contribution >= 4 is 21.6 Å². The van der Waals surface area contributed by atoms with Crippen LogP contribution in [0, 0.1) is 5.92 Å². The minimum Gasteiger partial charge on any atom is -0.495 e. The molecule has 0 saturated heterocycles. The van der Waals surface area contributed by atoms with E-state index >= 15 is 0 Å². The summed E-state index contributed by atoms with van der Waals surface area (Å²) in [6, 6.07) is 3.15. The predicted molar refractivity (Wildman–Crippen MR) is 83.3 cm³/mol. The molecule has 0 radical (unpaired) electrons. The van der Waals surface area contributed by atoms with Gasteiger partial charge in [0, 0.05) is 23.2 Å². The predicted octanol–water partition coefficient (Wildman–Crippen LogP) is 2.14. The lowest BCUT2D eigenvalue weighted by atomic mass is 9.83. The Bertz CT molecular complexity index is 613. The van der Waals surface area contributed by atoms with Crippen LogP contribution in [-0.4, -0.2) is 28.6 Å². The molecule has 2 N–H and O–H groups in total. The maximum Gasteiger partial charge on any atom is 0.244 e. The van der Waals surface area contributed by atoms with E-state index in [1.54, 1.807) is 13.1 Å². The van der Waals surface area contributed by atoms with Crippen LogP contribution in [0.15, 0.2) is 17.0 Å². The molecular formula is C14H21ClN2O3S. The second kappa shape index (κ2) is 6.52. The topological polar surface area (TPSA) is 67.4 Å². The molecule has 1 saturated carbocycles. The van der Waals surface area contributed by atoms with E-state index in [1.165, 1.54) is 13.2 Å². The molecule has 0 heterocycles. The zero-order chi connectivity index (χ0) is 15.6. The second-order valence-electron chi connectivity index (χ2n) is 5.52. The van der Waals surface area contributed by atoms with E-state index in [9.17, 15) is 8.42 Å². The summed E-state index contributed by atoms with van der Waals surface area (Å²) < 4.78 is 33.2. The van der Waals surface area contributed by atoms with Crippen molar-refractivity contribution in [3.8, 4) is 5.75 Å². The molecule has 0 atom stereocenters. The first-order valence-corrected chi connectivity index (χ1v) is 8.76. The second-order valence-corrected chi connectivity index (χ2v) is 7.64. The number of hydrogen-bond donors (Lipinski definition) is 2. The third-order valence-electron chi connectivity index (χ3n) is 3.65. The summed E-state index contributed by atoms with van der Waals surface area (Å²) in [4.78, 5) is 0.0994. The van der Waals surface area contributed by atoms with Gasteiger partial charge in [0.05, 0.1) is 7.11 Å². The minimum absolute atomic E-state index is 0.00133. The van der Waals surface area contributed by atoms with Gasteiger partial charge in [0.15, 0.2) is 0 Å². The van der Waals surface area contributed by atoms with Crippen molar-refractivity contribution in [3.63, 3.8) is 0 Å². The van der Waals surface area contributed by atoms with Crippen LogP contribution in [-0.2, 0) is 16.6 Å². The van der Waals surface area contributed by atoms with Gasteiger partial charge < -0.3 is 10.1 Å². The Labute approximate surface area is 131 Å². The van der Waals surface area contributed by atoms with Gasteiger partial charge in [0.2, 0.25) is 10.0 Å². The Balaban J connectivity index is 2.36. The van der Waals surface area contributed by atoms with Crippen LogP contribution in [0.2, 0.25) is 5.02 Å². The fourth-order valence-electron chi connectivity index (χ4n) is 2.66. The molecule has 1 aliphatic rings. The molecule has 1 aromatic rings. The van der Waals surface area contributed by atoms with E-state index in [0.717, 1.165) is 18.4 Å². The number of rotatable bonds is 6. The Morgan fingerprint density at radius 2 is 2.05 bits per heavy atom. The molecule has 0 aliphatic heterocycles. The average molecular weight is 333 g/mol. The van der Waals surface area contributed by atoms with E-state index in [0.29, 0.717) is 23.2 Å². The molecule has 0 aromatic heterocycles. The number of methoxy groups -OCH3 is 1. The van der Waals surface area contributed by atoms with Crippen LogP contribution in [0.4, 0.5) is 0 Å². The van der Waals surface area contributed by atoms with E-state index in [-0.39, 0.29) is 10.9 Å². The van der Waals surface area contributed by atoms with Gasteiger partial charge in [-0.15, -0.1) is 0 Å². The van der Waals surface area contributed by atoms with Crippen LogP contribution in [0.3, 0.4) is 0 Å². The number of hydrogen-bond acceptors (Lipinski definition) is 4. The van der Waals surface area contributed by atoms with Crippen LogP contribution in [0.5, 0.6) is 5.75 Å². The smallest absolute Gasteiger partial charge is 0.244 e. The van der Waals surface area contributed by atoms with Crippen LogP contribution in [0.25, 0.3) is 0 Å². The Morgan fingerprint density at radius 1 is 1.38 bits per heavy atom. The molecule has 7 heteroatoms. The summed E-state index contributed by atoms with van der Waals surface area (Å²) in [5.74, 6) is 0.910. The maximum atomic E-state index is 12.6. The highest BCUT2D eigenvalue weighted by Gasteiger charge is 2.32. The number of ether oxygens (including phenoxy) is 1. The first-order valence-electron chi connectivity index (χ1n) is 6.90. The monoisotopic (exact) mass is 332 g/mol. The molecule has 118 valence electrons. The van der Waals surface area contributed by atoms with Crippen LogP contribution < -0.4 is 14.8 Å². The number of sulfonamides is 1. The van der Waals surface area contributed by atoms with E-state index < -0.39 is 10.0 Å². The summed E-state index contributed by atoms with van der Waals surface area (Å²) in [5, 5.41) is 3.36. The lowest BCUT2D eigenvalue weighted by molar-refractivity contribution is 0.270. The average Bonchev–Trinajstić information content (AvgIpc) is 2.36. The van der Waals surface area contributed by atoms with Gasteiger partial charge in [0.25, 0.3) is 0 Å². The lowest BCUT2D eigenvalue weighted by Gasteiger charge is -2.33. The Kier molecular flexibility index (Phi) is 5.14. The van der Waals surface area contributed by atoms with Crippen molar-refractivity contribution in [3.05, 3.63) is 22.7 Å². The van der Waals surface area contributed by atoms with Crippen LogP contribution in [0.1, 0.15) is 25.3 Å². The summed E-state index contributed by atoms with van der Waals surface area (Å²) in [7, 11) is -0.392. The quantitative estimate of drug-likeness (QED) is 0.837. The van der Waals surface area contributed by atoms with Crippen molar-refractivity contribution in [1.82, 2.24) is 10.0 Å². The zero-order valence-electron chi connectivity index (χ0n) is 12.4. The molecular weight excluding hydrogens is 312 g/mol. The van der Waals surface area contributed by atoms with Crippen molar-refractivity contribution in [2.24, 2.45) is 5.92 Å². The third kappa shape index (κ3) is 3.69. The molecule has 0 amide bonds. The largest absolute Gasteiger partial charge is 0.495 e. The lowest BCUT2D eigenvalue weighted by Crippen LogP contribution is -2.43. The highest BCUT2D eigenvalue weighted by molar-refractivity contribution is 7.89. The fourth-order valence-corrected chi connectivity index (χ4v) is 4.46. The Hall–Kier alpha value is -0.820. The zero-order valence-corrected chi connectivity index (χ0v) is 14.0. The maximum absolute atomic E-state index is 12.6. The summed E-state index contributed by atoms with van der Waals surface area (Å²) in [6.45, 7) is 2.59. The van der Waals surface area contributed by atoms with Crippen LogP contribution >= 0.6 is 11.6 Å². The van der Waals surface area contributed by atoms with E-state index in [1.807, 2.05) is 0 Å². The van der Waals surface area contributed by atoms with Gasteiger partial charge in [-0.05, 0) is 37.9 Å². The fraction of sp³-hybridized carbons (Fsp3) is 0.571. The van der Waals surface area contributed by atoms with Gasteiger partial charge in [-0.3, -0.25) is 0 Å². The summed E-state index contributed by atoms with van der Waals surface area (Å²) in [5.41, 5.74) is 0.717.